The number of nitrogens with zero attached hydrogens (tertiary/aromatic N) is 7. The van der Waals surface area contributed by atoms with Crippen LogP contribution in [0.5, 0.6) is 0 Å². The molecule has 2 aliphatic rings. The molecule has 0 atom stereocenters. The van der Waals surface area contributed by atoms with Gasteiger partial charge in [-0.1, -0.05) is 17.9 Å². The van der Waals surface area contributed by atoms with Gasteiger partial charge in [-0.3, -0.25) is 0 Å². The maximum Gasteiger partial charge on any atom is 0.416 e. The van der Waals surface area contributed by atoms with Gasteiger partial charge in [-0.05, 0) is 92.0 Å². The zero-order valence-corrected chi connectivity index (χ0v) is 23.8. The number of anilines is 2. The van der Waals surface area contributed by atoms with Crippen LogP contribution in [0.4, 0.5) is 38.1 Å². The SMILES string of the molecule is CCN(CC1CCCC1)c1nc2c(cc1CN(Cc1cc(C(F)(F)F)cc(C(F)(F)F)c1)c1nnn(C)n1)CCCC2. The highest BCUT2D eigenvalue weighted by molar-refractivity contribution is 5.53. The van der Waals surface area contributed by atoms with E-state index < -0.39 is 23.5 Å². The molecule has 0 N–H and O–H groups in total. The Balaban J connectivity index is 1.55. The number of hydrogen-bond acceptors (Lipinski definition) is 6. The lowest BCUT2D eigenvalue weighted by Gasteiger charge is -2.31. The summed E-state index contributed by atoms with van der Waals surface area (Å²) in [6.07, 6.45) is -1.32. The van der Waals surface area contributed by atoms with E-state index in [0.29, 0.717) is 5.92 Å². The molecule has 0 amide bonds. The Kier molecular flexibility index (Phi) is 8.66. The first kappa shape index (κ1) is 30.1. The number of tetrazole rings is 1. The van der Waals surface area contributed by atoms with Crippen LogP contribution in [0.2, 0.25) is 0 Å². The van der Waals surface area contributed by atoms with Crippen molar-refractivity contribution in [2.24, 2.45) is 13.0 Å². The van der Waals surface area contributed by atoms with Crippen LogP contribution in [0.1, 0.15) is 79.0 Å². The minimum absolute atomic E-state index is 0.103. The average Bonchev–Trinajstić information content (AvgIpc) is 3.61. The van der Waals surface area contributed by atoms with Crippen LogP contribution in [0.25, 0.3) is 0 Å². The predicted molar refractivity (Wildman–Crippen MR) is 146 cm³/mol. The molecule has 1 fully saturated rings. The van der Waals surface area contributed by atoms with Crippen LogP contribution in [0.3, 0.4) is 0 Å². The van der Waals surface area contributed by atoms with E-state index in [1.807, 2.05) is 0 Å². The van der Waals surface area contributed by atoms with Crippen LogP contribution >= 0.6 is 0 Å². The largest absolute Gasteiger partial charge is 0.416 e. The molecule has 228 valence electrons. The molecule has 2 aliphatic carbocycles. The van der Waals surface area contributed by atoms with E-state index in [2.05, 4.69) is 33.3 Å². The molecule has 0 radical (unpaired) electrons. The molecule has 1 aromatic carbocycles. The van der Waals surface area contributed by atoms with Crippen LogP contribution in [0.15, 0.2) is 24.3 Å². The summed E-state index contributed by atoms with van der Waals surface area (Å²) in [5.41, 5.74) is 0.152. The summed E-state index contributed by atoms with van der Waals surface area (Å²) in [4.78, 5) is 10.2. The third-order valence-corrected chi connectivity index (χ3v) is 8.15. The first-order chi connectivity index (χ1) is 19.9. The van der Waals surface area contributed by atoms with E-state index in [4.69, 9.17) is 4.98 Å². The average molecular weight is 596 g/mol. The van der Waals surface area contributed by atoms with Crippen molar-refractivity contribution in [1.82, 2.24) is 25.2 Å². The molecule has 42 heavy (non-hydrogen) atoms. The van der Waals surface area contributed by atoms with Crippen molar-refractivity contribution in [3.05, 3.63) is 57.8 Å². The van der Waals surface area contributed by atoms with Gasteiger partial charge in [0.15, 0.2) is 0 Å². The second-order valence-corrected chi connectivity index (χ2v) is 11.3. The Morgan fingerprint density at radius 2 is 1.52 bits per heavy atom. The molecule has 5 rings (SSSR count). The monoisotopic (exact) mass is 595 g/mol. The second-order valence-electron chi connectivity index (χ2n) is 11.3. The molecular weight excluding hydrogens is 560 g/mol. The van der Waals surface area contributed by atoms with Gasteiger partial charge in [0.05, 0.1) is 18.2 Å². The number of halogens is 6. The van der Waals surface area contributed by atoms with Crippen LogP contribution < -0.4 is 9.80 Å². The van der Waals surface area contributed by atoms with Crippen molar-refractivity contribution >= 4 is 11.8 Å². The first-order valence-electron chi connectivity index (χ1n) is 14.4. The minimum Gasteiger partial charge on any atom is -0.356 e. The Morgan fingerprint density at radius 1 is 0.857 bits per heavy atom. The molecule has 13 heteroatoms. The van der Waals surface area contributed by atoms with E-state index in [0.717, 1.165) is 86.4 Å². The highest BCUT2D eigenvalue weighted by atomic mass is 19.4. The number of pyridine rings is 1. The smallest absolute Gasteiger partial charge is 0.356 e. The Bertz CT molecular complexity index is 1350. The zero-order valence-electron chi connectivity index (χ0n) is 23.8. The lowest BCUT2D eigenvalue weighted by Crippen LogP contribution is -2.32. The number of hydrogen-bond donors (Lipinski definition) is 0. The van der Waals surface area contributed by atoms with E-state index >= 15 is 0 Å². The van der Waals surface area contributed by atoms with Gasteiger partial charge in [0, 0.05) is 37.4 Å². The summed E-state index contributed by atoms with van der Waals surface area (Å²) < 4.78 is 81.7. The van der Waals surface area contributed by atoms with E-state index in [1.165, 1.54) is 17.6 Å². The fourth-order valence-corrected chi connectivity index (χ4v) is 6.07. The molecule has 7 nitrogen and oxygen atoms in total. The minimum atomic E-state index is -4.94. The van der Waals surface area contributed by atoms with Crippen molar-refractivity contribution in [3.8, 4) is 0 Å². The molecule has 1 saturated carbocycles. The number of fused-ring (bicyclic) bond motifs is 1. The third-order valence-electron chi connectivity index (χ3n) is 8.15. The lowest BCUT2D eigenvalue weighted by molar-refractivity contribution is -0.143. The molecule has 2 heterocycles. The molecule has 0 saturated heterocycles. The Morgan fingerprint density at radius 3 is 2.12 bits per heavy atom. The second kappa shape index (κ2) is 12.1. The van der Waals surface area contributed by atoms with Gasteiger partial charge >= 0.3 is 12.4 Å². The highest BCUT2D eigenvalue weighted by Crippen LogP contribution is 2.37. The molecule has 0 aliphatic heterocycles. The van der Waals surface area contributed by atoms with Crippen molar-refractivity contribution < 1.29 is 26.3 Å². The first-order valence-corrected chi connectivity index (χ1v) is 14.4. The van der Waals surface area contributed by atoms with Crippen LogP contribution in [0, 0.1) is 5.92 Å². The quantitative estimate of drug-likeness (QED) is 0.255. The maximum atomic E-state index is 13.6. The van der Waals surface area contributed by atoms with Gasteiger partial charge in [0.25, 0.3) is 5.95 Å². The summed E-state index contributed by atoms with van der Waals surface area (Å²) in [6, 6.07) is 3.75. The number of aryl methyl sites for hydroxylation is 3. The van der Waals surface area contributed by atoms with Crippen molar-refractivity contribution in [2.45, 2.75) is 83.7 Å². The molecule has 2 aromatic heterocycles. The van der Waals surface area contributed by atoms with Crippen molar-refractivity contribution in [3.63, 3.8) is 0 Å². The molecule has 0 unspecified atom stereocenters. The summed E-state index contributed by atoms with van der Waals surface area (Å²) in [5.74, 6) is 1.46. The van der Waals surface area contributed by atoms with E-state index in [1.54, 1.807) is 11.9 Å². The fourth-order valence-electron chi connectivity index (χ4n) is 6.07. The topological polar surface area (TPSA) is 63.0 Å². The highest BCUT2D eigenvalue weighted by Gasteiger charge is 2.37. The van der Waals surface area contributed by atoms with Crippen molar-refractivity contribution in [1.29, 1.82) is 0 Å². The summed E-state index contributed by atoms with van der Waals surface area (Å²) in [6.45, 7) is 3.50. The summed E-state index contributed by atoms with van der Waals surface area (Å²) in [7, 11) is 1.55. The van der Waals surface area contributed by atoms with Gasteiger partial charge in [0.1, 0.15) is 5.82 Å². The van der Waals surface area contributed by atoms with Gasteiger partial charge in [-0.15, -0.1) is 5.10 Å². The van der Waals surface area contributed by atoms with Gasteiger partial charge < -0.3 is 9.80 Å². The van der Waals surface area contributed by atoms with Gasteiger partial charge in [-0.25, -0.2) is 4.98 Å². The molecule has 0 bridgehead atoms. The number of benzene rings is 1. The lowest BCUT2D eigenvalue weighted by atomic mass is 9.94. The molecule has 3 aromatic rings. The number of alkyl halides is 6. The van der Waals surface area contributed by atoms with Gasteiger partial charge in [-0.2, -0.15) is 31.1 Å². The van der Waals surface area contributed by atoms with Crippen LogP contribution in [-0.4, -0.2) is 38.3 Å². The number of rotatable bonds is 9. The standard InChI is InChI=1S/C29H35F6N7/c1-3-41(16-19-8-4-5-9-19)26-22(14-21-10-6-7-11-25(21)36-26)18-42(27-37-39-40(2)38-27)17-20-12-23(28(30,31)32)15-24(13-20)29(33,34)35/h12-15,19H,3-11,16-18H2,1-2H3. The molecule has 0 spiro atoms. The summed E-state index contributed by atoms with van der Waals surface area (Å²) in [5, 5.41) is 12.2. The number of aromatic nitrogens is 5. The molecular formula is C29H35F6N7. The van der Waals surface area contributed by atoms with Crippen LogP contribution in [-0.2, 0) is 45.3 Å². The van der Waals surface area contributed by atoms with E-state index in [9.17, 15) is 26.3 Å². The zero-order chi connectivity index (χ0) is 30.1. The van der Waals surface area contributed by atoms with E-state index in [-0.39, 0.29) is 30.7 Å². The summed E-state index contributed by atoms with van der Waals surface area (Å²) >= 11 is 0. The fraction of sp³-hybridized carbons (Fsp3) is 0.586. The normalized spacial score (nSPS) is 16.1. The van der Waals surface area contributed by atoms with Crippen molar-refractivity contribution in [2.75, 3.05) is 22.9 Å². The Labute approximate surface area is 240 Å². The Hall–Kier alpha value is -3.38. The van der Waals surface area contributed by atoms with Gasteiger partial charge in [0.2, 0.25) is 0 Å². The predicted octanol–water partition coefficient (Wildman–Crippen LogP) is 6.74. The third kappa shape index (κ3) is 6.97. The maximum absolute atomic E-state index is 13.6.